The molecule has 1 N–H and O–H groups in total. The van der Waals surface area contributed by atoms with Crippen molar-refractivity contribution in [1.29, 1.82) is 0 Å². The predicted molar refractivity (Wildman–Crippen MR) is 84.8 cm³/mol. The Labute approximate surface area is 144 Å². The molecule has 5 nitrogen and oxygen atoms in total. The number of nitrogens with one attached hydrogen (secondary N) is 1. The van der Waals surface area contributed by atoms with E-state index in [0.717, 1.165) is 25.0 Å². The monoisotopic (exact) mass is 361 g/mol. The molecule has 1 aromatic carbocycles. The summed E-state index contributed by atoms with van der Waals surface area (Å²) in [4.78, 5) is 11.9. The molecule has 0 spiro atoms. The van der Waals surface area contributed by atoms with Crippen molar-refractivity contribution in [1.82, 2.24) is 5.32 Å². The summed E-state index contributed by atoms with van der Waals surface area (Å²) in [6.45, 7) is -0.135. The van der Waals surface area contributed by atoms with Gasteiger partial charge in [0.05, 0.1) is 13.2 Å². The summed E-state index contributed by atoms with van der Waals surface area (Å²) < 4.78 is 51.9. The SMILES string of the molecule is COc1cc(CCC(=O)NC[C@H]2CCCO2)ccc1OCC(F)(F)F. The highest BCUT2D eigenvalue weighted by atomic mass is 19.4. The van der Waals surface area contributed by atoms with Gasteiger partial charge in [-0.05, 0) is 37.0 Å². The normalized spacial score (nSPS) is 17.4. The van der Waals surface area contributed by atoms with Gasteiger partial charge in [-0.1, -0.05) is 6.07 Å². The van der Waals surface area contributed by atoms with E-state index < -0.39 is 12.8 Å². The van der Waals surface area contributed by atoms with Crippen LogP contribution >= 0.6 is 0 Å². The molecule has 0 aromatic heterocycles. The molecule has 1 aliphatic heterocycles. The van der Waals surface area contributed by atoms with E-state index in [9.17, 15) is 18.0 Å². The van der Waals surface area contributed by atoms with E-state index in [1.807, 2.05) is 0 Å². The highest BCUT2D eigenvalue weighted by molar-refractivity contribution is 5.76. The number of rotatable bonds is 8. The zero-order valence-corrected chi connectivity index (χ0v) is 14.0. The molecule has 8 heteroatoms. The molecule has 0 saturated carbocycles. The molecule has 1 aliphatic rings. The Morgan fingerprint density at radius 1 is 1.36 bits per heavy atom. The van der Waals surface area contributed by atoms with Crippen LogP contribution in [0.2, 0.25) is 0 Å². The number of benzene rings is 1. The first kappa shape index (κ1) is 19.4. The fourth-order valence-electron chi connectivity index (χ4n) is 2.53. The second kappa shape index (κ2) is 8.94. The maximum absolute atomic E-state index is 12.2. The standard InChI is InChI=1S/C17H22F3NO4/c1-23-15-9-12(4-6-14(15)25-11-17(18,19)20)5-7-16(22)21-10-13-3-2-8-24-13/h4,6,9,13H,2-3,5,7-8,10-11H2,1H3,(H,21,22)/t13-/m1/s1. The van der Waals surface area contributed by atoms with E-state index in [2.05, 4.69) is 5.32 Å². The van der Waals surface area contributed by atoms with Crippen molar-refractivity contribution in [3.8, 4) is 11.5 Å². The van der Waals surface area contributed by atoms with Crippen molar-refractivity contribution in [2.24, 2.45) is 0 Å². The highest BCUT2D eigenvalue weighted by Gasteiger charge is 2.29. The number of methoxy groups -OCH3 is 1. The van der Waals surface area contributed by atoms with Crippen LogP contribution in [0.5, 0.6) is 11.5 Å². The number of alkyl halides is 3. The molecule has 140 valence electrons. The van der Waals surface area contributed by atoms with Gasteiger partial charge in [-0.25, -0.2) is 0 Å². The molecule has 1 atom stereocenters. The van der Waals surface area contributed by atoms with E-state index in [4.69, 9.17) is 14.2 Å². The first-order chi connectivity index (χ1) is 11.9. The molecule has 0 radical (unpaired) electrons. The summed E-state index contributed by atoms with van der Waals surface area (Å²) >= 11 is 0. The summed E-state index contributed by atoms with van der Waals surface area (Å²) in [6, 6.07) is 4.63. The lowest BCUT2D eigenvalue weighted by Gasteiger charge is -2.14. The van der Waals surface area contributed by atoms with Crippen molar-refractivity contribution in [3.05, 3.63) is 23.8 Å². The minimum absolute atomic E-state index is 0.0198. The van der Waals surface area contributed by atoms with Gasteiger partial charge in [0.2, 0.25) is 5.91 Å². The quantitative estimate of drug-likeness (QED) is 0.774. The number of carbonyl (C=O) groups is 1. The average molecular weight is 361 g/mol. The van der Waals surface area contributed by atoms with Crippen LogP contribution in [0.25, 0.3) is 0 Å². The number of ether oxygens (including phenoxy) is 3. The van der Waals surface area contributed by atoms with E-state index in [0.29, 0.717) is 13.0 Å². The molecule has 0 bridgehead atoms. The molecule has 1 amide bonds. The second-order valence-electron chi connectivity index (χ2n) is 5.83. The third kappa shape index (κ3) is 6.81. The summed E-state index contributed by atoms with van der Waals surface area (Å²) in [5.41, 5.74) is 0.781. The lowest BCUT2D eigenvalue weighted by Crippen LogP contribution is -2.31. The largest absolute Gasteiger partial charge is 0.493 e. The van der Waals surface area contributed by atoms with E-state index in [1.165, 1.54) is 13.2 Å². The van der Waals surface area contributed by atoms with Gasteiger partial charge in [-0.3, -0.25) is 4.79 Å². The first-order valence-electron chi connectivity index (χ1n) is 8.12. The third-order valence-corrected chi connectivity index (χ3v) is 3.81. The number of hydrogen-bond donors (Lipinski definition) is 1. The zero-order valence-electron chi connectivity index (χ0n) is 14.0. The Bertz CT molecular complexity index is 572. The van der Waals surface area contributed by atoms with Crippen molar-refractivity contribution >= 4 is 5.91 Å². The third-order valence-electron chi connectivity index (χ3n) is 3.81. The zero-order chi connectivity index (χ0) is 18.3. The van der Waals surface area contributed by atoms with E-state index >= 15 is 0 Å². The van der Waals surface area contributed by atoms with Crippen LogP contribution < -0.4 is 14.8 Å². The Kier molecular flexibility index (Phi) is 6.92. The Morgan fingerprint density at radius 2 is 2.16 bits per heavy atom. The lowest BCUT2D eigenvalue weighted by molar-refractivity contribution is -0.153. The Morgan fingerprint density at radius 3 is 2.80 bits per heavy atom. The molecular weight excluding hydrogens is 339 g/mol. The van der Waals surface area contributed by atoms with Gasteiger partial charge in [-0.15, -0.1) is 0 Å². The average Bonchev–Trinajstić information content (AvgIpc) is 3.09. The van der Waals surface area contributed by atoms with Crippen LogP contribution in [0.3, 0.4) is 0 Å². The Hall–Kier alpha value is -1.96. The van der Waals surface area contributed by atoms with Crippen LogP contribution in [-0.2, 0) is 16.0 Å². The summed E-state index contributed by atoms with van der Waals surface area (Å²) in [6.07, 6.45) is -1.62. The van der Waals surface area contributed by atoms with E-state index in [1.54, 1.807) is 12.1 Å². The van der Waals surface area contributed by atoms with Crippen molar-refractivity contribution in [3.63, 3.8) is 0 Å². The van der Waals surface area contributed by atoms with Crippen LogP contribution in [0, 0.1) is 0 Å². The summed E-state index contributed by atoms with van der Waals surface area (Å²) in [5, 5.41) is 2.83. The highest BCUT2D eigenvalue weighted by Crippen LogP contribution is 2.30. The Balaban J connectivity index is 1.81. The van der Waals surface area contributed by atoms with Gasteiger partial charge < -0.3 is 19.5 Å². The number of carbonyl (C=O) groups excluding carboxylic acids is 1. The van der Waals surface area contributed by atoms with Gasteiger partial charge >= 0.3 is 6.18 Å². The molecule has 1 heterocycles. The second-order valence-corrected chi connectivity index (χ2v) is 5.83. The van der Waals surface area contributed by atoms with Crippen LogP contribution in [0.4, 0.5) is 13.2 Å². The van der Waals surface area contributed by atoms with Crippen molar-refractivity contribution in [2.45, 2.75) is 38.0 Å². The lowest BCUT2D eigenvalue weighted by atomic mass is 10.1. The minimum atomic E-state index is -4.41. The molecule has 0 unspecified atom stereocenters. The van der Waals surface area contributed by atoms with Crippen LogP contribution in [-0.4, -0.2) is 45.1 Å². The van der Waals surface area contributed by atoms with E-state index in [-0.39, 0.29) is 29.9 Å². The van der Waals surface area contributed by atoms with Gasteiger partial charge in [0.1, 0.15) is 0 Å². The van der Waals surface area contributed by atoms with Gasteiger partial charge in [0.15, 0.2) is 18.1 Å². The number of amides is 1. The smallest absolute Gasteiger partial charge is 0.422 e. The van der Waals surface area contributed by atoms with Crippen LogP contribution in [0.1, 0.15) is 24.8 Å². The molecule has 0 aliphatic carbocycles. The summed E-state index contributed by atoms with van der Waals surface area (Å²) in [5.74, 6) is 0.139. The molecule has 2 rings (SSSR count). The van der Waals surface area contributed by atoms with Gasteiger partial charge in [0.25, 0.3) is 0 Å². The maximum Gasteiger partial charge on any atom is 0.422 e. The van der Waals surface area contributed by atoms with Gasteiger partial charge in [-0.2, -0.15) is 13.2 Å². The minimum Gasteiger partial charge on any atom is -0.493 e. The number of hydrogen-bond acceptors (Lipinski definition) is 4. The topological polar surface area (TPSA) is 56.8 Å². The molecular formula is C17H22F3NO4. The number of halogens is 3. The van der Waals surface area contributed by atoms with Gasteiger partial charge in [0, 0.05) is 19.6 Å². The number of aryl methyl sites for hydroxylation is 1. The van der Waals surface area contributed by atoms with Crippen molar-refractivity contribution in [2.75, 3.05) is 26.9 Å². The molecule has 1 fully saturated rings. The fraction of sp³-hybridized carbons (Fsp3) is 0.588. The first-order valence-corrected chi connectivity index (χ1v) is 8.12. The molecule has 25 heavy (non-hydrogen) atoms. The van der Waals surface area contributed by atoms with Crippen LogP contribution in [0.15, 0.2) is 18.2 Å². The summed E-state index contributed by atoms with van der Waals surface area (Å²) in [7, 11) is 1.36. The molecule has 1 saturated heterocycles. The molecule has 1 aromatic rings. The fourth-order valence-corrected chi connectivity index (χ4v) is 2.53. The maximum atomic E-state index is 12.2. The predicted octanol–water partition coefficient (Wildman–Crippen LogP) is 2.86. The van der Waals surface area contributed by atoms with Crippen molar-refractivity contribution < 1.29 is 32.2 Å².